The minimum Gasteiger partial charge on any atom is -0.482 e. The van der Waals surface area contributed by atoms with Crippen LogP contribution in [0.5, 0.6) is 5.75 Å². The lowest BCUT2D eigenvalue weighted by molar-refractivity contribution is -0.137. The molecule has 0 spiro atoms. The molecule has 0 aromatic heterocycles. The Morgan fingerprint density at radius 3 is 2.52 bits per heavy atom. The van der Waals surface area contributed by atoms with Gasteiger partial charge in [0.25, 0.3) is 11.8 Å². The third kappa shape index (κ3) is 4.05. The van der Waals surface area contributed by atoms with Gasteiger partial charge in [-0.05, 0) is 48.9 Å². The van der Waals surface area contributed by atoms with Crippen LogP contribution in [-0.2, 0) is 11.0 Å². The summed E-state index contributed by atoms with van der Waals surface area (Å²) in [5.41, 5.74) is 0.244. The van der Waals surface area contributed by atoms with E-state index in [-0.39, 0.29) is 18.1 Å². The molecule has 0 aliphatic carbocycles. The molecular weight excluding hydrogens is 361 g/mol. The fraction of sp³-hybridized carbons (Fsp3) is 0.263. The predicted octanol–water partition coefficient (Wildman–Crippen LogP) is 4.09. The molecule has 27 heavy (non-hydrogen) atoms. The Hall–Kier alpha value is -3.03. The topological polar surface area (TPSA) is 58.6 Å². The number of nitrogens with zero attached hydrogens (tertiary/aromatic N) is 1. The summed E-state index contributed by atoms with van der Waals surface area (Å²) in [6.45, 7) is 2.43. The summed E-state index contributed by atoms with van der Waals surface area (Å²) >= 11 is 0. The zero-order chi connectivity index (χ0) is 19.6. The summed E-state index contributed by atoms with van der Waals surface area (Å²) in [4.78, 5) is 25.9. The molecule has 0 bridgehead atoms. The molecular formula is C19H17F3N2O3. The van der Waals surface area contributed by atoms with Crippen LogP contribution < -0.4 is 15.0 Å². The summed E-state index contributed by atoms with van der Waals surface area (Å²) in [6.07, 6.45) is -3.70. The lowest BCUT2D eigenvalue weighted by atomic mass is 10.1. The van der Waals surface area contributed by atoms with Crippen molar-refractivity contribution in [1.29, 1.82) is 0 Å². The number of fused-ring (bicyclic) bond motifs is 1. The Labute approximate surface area is 153 Å². The molecule has 142 valence electrons. The van der Waals surface area contributed by atoms with Gasteiger partial charge in [-0.2, -0.15) is 13.2 Å². The van der Waals surface area contributed by atoms with Crippen molar-refractivity contribution >= 4 is 23.2 Å². The number of carbonyl (C=O) groups excluding carboxylic acids is 2. The molecule has 1 heterocycles. The monoisotopic (exact) mass is 378 g/mol. The van der Waals surface area contributed by atoms with E-state index in [0.29, 0.717) is 23.7 Å². The normalized spacial score (nSPS) is 13.8. The molecule has 8 heteroatoms. The molecule has 1 N–H and O–H groups in total. The van der Waals surface area contributed by atoms with Gasteiger partial charge in [0.2, 0.25) is 0 Å². The van der Waals surface area contributed by atoms with Crippen LogP contribution >= 0.6 is 0 Å². The zero-order valence-corrected chi connectivity index (χ0v) is 14.5. The number of hydrogen-bond donors (Lipinski definition) is 1. The summed E-state index contributed by atoms with van der Waals surface area (Å²) < 4.78 is 43.2. The molecule has 3 rings (SSSR count). The molecule has 0 unspecified atom stereocenters. The maximum Gasteiger partial charge on any atom is 0.416 e. The van der Waals surface area contributed by atoms with Gasteiger partial charge < -0.3 is 15.0 Å². The molecule has 0 saturated heterocycles. The standard InChI is InChI=1S/C19H17F3N2O3/c1-2-9-24-15-10-14(7-8-16(15)27-11-17(24)25)23-18(26)12-3-5-13(6-4-12)19(20,21)22/h3-8,10H,2,9,11H2,1H3,(H,23,26). The van der Waals surface area contributed by atoms with Crippen LogP contribution in [0.2, 0.25) is 0 Å². The van der Waals surface area contributed by atoms with Gasteiger partial charge >= 0.3 is 6.18 Å². The predicted molar refractivity (Wildman–Crippen MR) is 94.0 cm³/mol. The highest BCUT2D eigenvalue weighted by Gasteiger charge is 2.30. The van der Waals surface area contributed by atoms with Gasteiger partial charge in [-0.25, -0.2) is 0 Å². The minimum absolute atomic E-state index is 0.0374. The van der Waals surface area contributed by atoms with Crippen molar-refractivity contribution in [3.8, 4) is 5.75 Å². The van der Waals surface area contributed by atoms with Gasteiger partial charge in [0.15, 0.2) is 6.61 Å². The van der Waals surface area contributed by atoms with E-state index in [1.54, 1.807) is 23.1 Å². The van der Waals surface area contributed by atoms with Crippen LogP contribution in [0.3, 0.4) is 0 Å². The van der Waals surface area contributed by atoms with Gasteiger partial charge in [-0.1, -0.05) is 6.92 Å². The molecule has 1 aliphatic heterocycles. The highest BCUT2D eigenvalue weighted by atomic mass is 19.4. The number of hydrogen-bond acceptors (Lipinski definition) is 3. The van der Waals surface area contributed by atoms with Crippen LogP contribution in [0.4, 0.5) is 24.5 Å². The van der Waals surface area contributed by atoms with Gasteiger partial charge in [0.1, 0.15) is 5.75 Å². The third-order valence-electron chi connectivity index (χ3n) is 4.08. The van der Waals surface area contributed by atoms with Gasteiger partial charge in [-0.3, -0.25) is 9.59 Å². The summed E-state index contributed by atoms with van der Waals surface area (Å²) in [6, 6.07) is 8.82. The van der Waals surface area contributed by atoms with E-state index in [4.69, 9.17) is 4.74 Å². The maximum atomic E-state index is 12.6. The third-order valence-corrected chi connectivity index (χ3v) is 4.08. The van der Waals surface area contributed by atoms with E-state index in [0.717, 1.165) is 30.7 Å². The van der Waals surface area contributed by atoms with Gasteiger partial charge in [0.05, 0.1) is 11.3 Å². The number of anilines is 2. The number of rotatable bonds is 4. The zero-order valence-electron chi connectivity index (χ0n) is 14.5. The first kappa shape index (κ1) is 18.8. The van der Waals surface area contributed by atoms with Crippen molar-refractivity contribution in [2.45, 2.75) is 19.5 Å². The Balaban J connectivity index is 1.80. The molecule has 2 amide bonds. The molecule has 2 aromatic carbocycles. The molecule has 5 nitrogen and oxygen atoms in total. The van der Waals surface area contributed by atoms with Crippen LogP contribution in [0.1, 0.15) is 29.3 Å². The van der Waals surface area contributed by atoms with E-state index >= 15 is 0 Å². The highest BCUT2D eigenvalue weighted by Crippen LogP contribution is 2.35. The second-order valence-electron chi connectivity index (χ2n) is 6.05. The van der Waals surface area contributed by atoms with Crippen molar-refractivity contribution in [2.24, 2.45) is 0 Å². The number of ether oxygens (including phenoxy) is 1. The number of alkyl halides is 3. The largest absolute Gasteiger partial charge is 0.482 e. The molecule has 0 atom stereocenters. The van der Waals surface area contributed by atoms with Crippen molar-refractivity contribution in [1.82, 2.24) is 0 Å². The van der Waals surface area contributed by atoms with E-state index < -0.39 is 17.6 Å². The molecule has 0 radical (unpaired) electrons. The Kier molecular flexibility index (Phi) is 5.07. The number of nitrogens with one attached hydrogen (secondary N) is 1. The van der Waals surface area contributed by atoms with Gasteiger partial charge in [-0.15, -0.1) is 0 Å². The van der Waals surface area contributed by atoms with Crippen molar-refractivity contribution in [3.05, 3.63) is 53.6 Å². The molecule has 2 aromatic rings. The number of carbonyl (C=O) groups is 2. The first-order valence-electron chi connectivity index (χ1n) is 8.35. The fourth-order valence-corrected chi connectivity index (χ4v) is 2.76. The number of halogens is 3. The van der Waals surface area contributed by atoms with Crippen molar-refractivity contribution in [3.63, 3.8) is 0 Å². The smallest absolute Gasteiger partial charge is 0.416 e. The van der Waals surface area contributed by atoms with E-state index in [1.165, 1.54) is 0 Å². The first-order valence-corrected chi connectivity index (χ1v) is 8.35. The minimum atomic E-state index is -4.46. The van der Waals surface area contributed by atoms with E-state index in [1.807, 2.05) is 6.92 Å². The second-order valence-corrected chi connectivity index (χ2v) is 6.05. The average Bonchev–Trinajstić information content (AvgIpc) is 2.63. The Bertz CT molecular complexity index is 863. The SMILES string of the molecule is CCCN1C(=O)COc2ccc(NC(=O)c3ccc(C(F)(F)F)cc3)cc21. The highest BCUT2D eigenvalue weighted by molar-refractivity contribution is 6.05. The van der Waals surface area contributed by atoms with Crippen LogP contribution in [-0.4, -0.2) is 25.0 Å². The lowest BCUT2D eigenvalue weighted by Gasteiger charge is -2.29. The average molecular weight is 378 g/mol. The molecule has 0 fully saturated rings. The van der Waals surface area contributed by atoms with Crippen LogP contribution in [0.25, 0.3) is 0 Å². The summed E-state index contributed by atoms with van der Waals surface area (Å²) in [5, 5.41) is 2.63. The summed E-state index contributed by atoms with van der Waals surface area (Å²) in [7, 11) is 0. The lowest BCUT2D eigenvalue weighted by Crippen LogP contribution is -2.39. The fourth-order valence-electron chi connectivity index (χ4n) is 2.76. The maximum absolute atomic E-state index is 12.6. The van der Waals surface area contributed by atoms with Crippen molar-refractivity contribution < 1.29 is 27.5 Å². The quantitative estimate of drug-likeness (QED) is 0.872. The van der Waals surface area contributed by atoms with Gasteiger partial charge in [0, 0.05) is 17.8 Å². The second kappa shape index (κ2) is 7.30. The molecule has 1 aliphatic rings. The summed E-state index contributed by atoms with van der Waals surface area (Å²) in [5.74, 6) is -0.181. The van der Waals surface area contributed by atoms with E-state index in [9.17, 15) is 22.8 Å². The van der Waals surface area contributed by atoms with Crippen molar-refractivity contribution in [2.75, 3.05) is 23.4 Å². The number of benzene rings is 2. The number of amides is 2. The first-order chi connectivity index (χ1) is 12.8. The Morgan fingerprint density at radius 1 is 1.19 bits per heavy atom. The molecule has 0 saturated carbocycles. The van der Waals surface area contributed by atoms with Crippen LogP contribution in [0.15, 0.2) is 42.5 Å². The van der Waals surface area contributed by atoms with Crippen LogP contribution in [0, 0.1) is 0 Å². The Morgan fingerprint density at radius 2 is 1.89 bits per heavy atom. The van der Waals surface area contributed by atoms with E-state index in [2.05, 4.69) is 5.32 Å².